The number of carbonyl (C=O) groups is 1. The predicted octanol–water partition coefficient (Wildman–Crippen LogP) is 2.65. The quantitative estimate of drug-likeness (QED) is 0.510. The molecule has 7 nitrogen and oxygen atoms in total. The number of halogens is 1. The van der Waals surface area contributed by atoms with Gasteiger partial charge in [-0.05, 0) is 28.1 Å². The molecule has 2 aromatic rings. The topological polar surface area (TPSA) is 97.4 Å². The molecule has 1 aromatic heterocycles. The Bertz CT molecular complexity index is 696. The Morgan fingerprint density at radius 1 is 1.45 bits per heavy atom. The minimum absolute atomic E-state index is 0.0125. The first-order chi connectivity index (χ1) is 9.38. The monoisotopic (exact) mass is 339 g/mol. The van der Waals surface area contributed by atoms with Gasteiger partial charge in [-0.3, -0.25) is 14.9 Å². The van der Waals surface area contributed by atoms with E-state index in [9.17, 15) is 20.0 Å². The number of anilines is 1. The third kappa shape index (κ3) is 2.80. The van der Waals surface area contributed by atoms with Crippen molar-refractivity contribution in [3.8, 4) is 5.75 Å². The number of carbonyl (C=O) groups excluding carboxylic acids is 1. The van der Waals surface area contributed by atoms with E-state index in [1.165, 1.54) is 0 Å². The SMILES string of the molecule is Cn1cc(Br)cc1C(=O)Nc1cc([N+](=O)[O-])ccc1O. The molecule has 0 aliphatic carbocycles. The highest BCUT2D eigenvalue weighted by Gasteiger charge is 2.16. The van der Waals surface area contributed by atoms with Crippen LogP contribution in [0.25, 0.3) is 0 Å². The largest absolute Gasteiger partial charge is 0.506 e. The lowest BCUT2D eigenvalue weighted by atomic mass is 10.2. The van der Waals surface area contributed by atoms with Gasteiger partial charge < -0.3 is 15.0 Å². The van der Waals surface area contributed by atoms with E-state index in [1.807, 2.05) is 0 Å². The van der Waals surface area contributed by atoms with Crippen LogP contribution in [0.3, 0.4) is 0 Å². The second-order valence-electron chi connectivity index (χ2n) is 4.07. The Balaban J connectivity index is 2.30. The zero-order chi connectivity index (χ0) is 14.9. The van der Waals surface area contributed by atoms with E-state index < -0.39 is 10.8 Å². The molecule has 20 heavy (non-hydrogen) atoms. The summed E-state index contributed by atoms with van der Waals surface area (Å²) in [6.45, 7) is 0. The summed E-state index contributed by atoms with van der Waals surface area (Å²) in [6, 6.07) is 5.02. The second-order valence-corrected chi connectivity index (χ2v) is 4.98. The van der Waals surface area contributed by atoms with E-state index in [2.05, 4.69) is 21.2 Å². The molecule has 0 aliphatic rings. The fourth-order valence-electron chi connectivity index (χ4n) is 1.67. The second kappa shape index (κ2) is 5.33. The zero-order valence-corrected chi connectivity index (χ0v) is 11.9. The summed E-state index contributed by atoms with van der Waals surface area (Å²) in [7, 11) is 1.69. The van der Waals surface area contributed by atoms with Crippen LogP contribution < -0.4 is 5.32 Å². The molecule has 0 saturated carbocycles. The summed E-state index contributed by atoms with van der Waals surface area (Å²) >= 11 is 3.24. The first kappa shape index (κ1) is 14.1. The van der Waals surface area contributed by atoms with Gasteiger partial charge in [-0.1, -0.05) is 0 Å². The molecule has 2 N–H and O–H groups in total. The lowest BCUT2D eigenvalue weighted by molar-refractivity contribution is -0.384. The van der Waals surface area contributed by atoms with Crippen molar-refractivity contribution in [3.63, 3.8) is 0 Å². The fourth-order valence-corrected chi connectivity index (χ4v) is 2.20. The maximum absolute atomic E-state index is 12.0. The molecule has 8 heteroatoms. The summed E-state index contributed by atoms with van der Waals surface area (Å²) in [5.74, 6) is -0.716. The maximum atomic E-state index is 12.0. The first-order valence-corrected chi connectivity index (χ1v) is 6.28. The van der Waals surface area contributed by atoms with Crippen LogP contribution >= 0.6 is 15.9 Å². The molecule has 0 saturated heterocycles. The number of benzene rings is 1. The summed E-state index contributed by atoms with van der Waals surface area (Å²) in [6.07, 6.45) is 1.70. The molecule has 0 spiro atoms. The third-order valence-electron chi connectivity index (χ3n) is 2.64. The molecular formula is C12H10BrN3O4. The summed E-state index contributed by atoms with van der Waals surface area (Å²) in [4.78, 5) is 22.1. The zero-order valence-electron chi connectivity index (χ0n) is 10.3. The van der Waals surface area contributed by atoms with Gasteiger partial charge in [0.05, 0.1) is 10.6 Å². The fraction of sp³-hybridized carbons (Fsp3) is 0.0833. The van der Waals surface area contributed by atoms with Crippen molar-refractivity contribution in [2.24, 2.45) is 7.05 Å². The van der Waals surface area contributed by atoms with Gasteiger partial charge in [-0.15, -0.1) is 0 Å². The summed E-state index contributed by atoms with van der Waals surface area (Å²) in [5, 5.41) is 22.8. The van der Waals surface area contributed by atoms with Crippen LogP contribution in [0.1, 0.15) is 10.5 Å². The number of nitro groups is 1. The van der Waals surface area contributed by atoms with Crippen molar-refractivity contribution in [1.29, 1.82) is 0 Å². The smallest absolute Gasteiger partial charge is 0.272 e. The van der Waals surface area contributed by atoms with Gasteiger partial charge in [0, 0.05) is 29.8 Å². The van der Waals surface area contributed by atoms with Crippen LogP contribution in [0, 0.1) is 10.1 Å². The molecule has 0 bridgehead atoms. The van der Waals surface area contributed by atoms with E-state index >= 15 is 0 Å². The number of rotatable bonds is 3. The van der Waals surface area contributed by atoms with E-state index in [4.69, 9.17) is 0 Å². The van der Waals surface area contributed by atoms with Crippen LogP contribution in [-0.2, 0) is 7.05 Å². The molecule has 2 rings (SSSR count). The van der Waals surface area contributed by atoms with E-state index in [0.29, 0.717) is 5.69 Å². The Labute approximate surface area is 122 Å². The lowest BCUT2D eigenvalue weighted by Gasteiger charge is -2.07. The van der Waals surface area contributed by atoms with Gasteiger partial charge >= 0.3 is 0 Å². The molecule has 104 valence electrons. The van der Waals surface area contributed by atoms with Crippen molar-refractivity contribution in [1.82, 2.24) is 4.57 Å². The molecule has 0 fully saturated rings. The summed E-state index contributed by atoms with van der Waals surface area (Å²) in [5.41, 5.74) is 0.121. The van der Waals surface area contributed by atoms with Gasteiger partial charge in [-0.25, -0.2) is 0 Å². The number of hydrogen-bond donors (Lipinski definition) is 2. The number of nitro benzene ring substituents is 1. The normalized spacial score (nSPS) is 10.3. The third-order valence-corrected chi connectivity index (χ3v) is 3.08. The Morgan fingerprint density at radius 3 is 2.70 bits per heavy atom. The number of aryl methyl sites for hydroxylation is 1. The van der Waals surface area contributed by atoms with Crippen molar-refractivity contribution < 1.29 is 14.8 Å². The van der Waals surface area contributed by atoms with E-state index in [0.717, 1.165) is 22.7 Å². The molecule has 0 radical (unpaired) electrons. The highest BCUT2D eigenvalue weighted by Crippen LogP contribution is 2.28. The number of nitrogens with one attached hydrogen (secondary N) is 1. The Hall–Kier alpha value is -2.35. The average molecular weight is 340 g/mol. The van der Waals surface area contributed by atoms with Gasteiger partial charge in [0.25, 0.3) is 11.6 Å². The number of aromatic hydroxyl groups is 1. The van der Waals surface area contributed by atoms with Crippen LogP contribution in [-0.4, -0.2) is 20.5 Å². The van der Waals surface area contributed by atoms with Crippen molar-refractivity contribution >= 4 is 33.2 Å². The average Bonchev–Trinajstić information content (AvgIpc) is 2.71. The molecule has 0 unspecified atom stereocenters. The van der Waals surface area contributed by atoms with Crippen LogP contribution in [0.4, 0.5) is 11.4 Å². The van der Waals surface area contributed by atoms with Crippen molar-refractivity contribution in [2.45, 2.75) is 0 Å². The minimum atomic E-state index is -0.603. The van der Waals surface area contributed by atoms with E-state index in [1.54, 1.807) is 23.9 Å². The molecular weight excluding hydrogens is 330 g/mol. The number of nitrogens with zero attached hydrogens (tertiary/aromatic N) is 2. The van der Waals surface area contributed by atoms with E-state index in [-0.39, 0.29) is 17.1 Å². The number of phenols is 1. The molecule has 0 aliphatic heterocycles. The van der Waals surface area contributed by atoms with Gasteiger partial charge in [0.15, 0.2) is 0 Å². The Morgan fingerprint density at radius 2 is 2.15 bits per heavy atom. The molecule has 0 atom stereocenters. The van der Waals surface area contributed by atoms with Crippen LogP contribution in [0.5, 0.6) is 5.75 Å². The lowest BCUT2D eigenvalue weighted by Crippen LogP contribution is -2.15. The highest BCUT2D eigenvalue weighted by molar-refractivity contribution is 9.10. The van der Waals surface area contributed by atoms with Crippen LogP contribution in [0.15, 0.2) is 34.9 Å². The van der Waals surface area contributed by atoms with Gasteiger partial charge in [0.2, 0.25) is 0 Å². The maximum Gasteiger partial charge on any atom is 0.272 e. The standard InChI is InChI=1S/C12H10BrN3O4/c1-15-6-7(13)4-10(15)12(18)14-9-5-8(16(19)20)2-3-11(9)17/h2-6,17H,1H3,(H,14,18). The number of amides is 1. The highest BCUT2D eigenvalue weighted by atomic mass is 79.9. The molecule has 1 amide bonds. The van der Waals surface area contributed by atoms with Gasteiger partial charge in [0.1, 0.15) is 11.4 Å². The Kier molecular flexibility index (Phi) is 3.75. The number of aromatic nitrogens is 1. The van der Waals surface area contributed by atoms with Crippen molar-refractivity contribution in [3.05, 3.63) is 50.7 Å². The van der Waals surface area contributed by atoms with Gasteiger partial charge in [-0.2, -0.15) is 0 Å². The van der Waals surface area contributed by atoms with Crippen LogP contribution in [0.2, 0.25) is 0 Å². The summed E-state index contributed by atoms with van der Waals surface area (Å²) < 4.78 is 2.32. The molecule has 1 aromatic carbocycles. The van der Waals surface area contributed by atoms with Crippen molar-refractivity contribution in [2.75, 3.05) is 5.32 Å². The first-order valence-electron chi connectivity index (χ1n) is 5.49. The number of hydrogen-bond acceptors (Lipinski definition) is 4. The minimum Gasteiger partial charge on any atom is -0.506 e. The number of non-ortho nitro benzene ring substituents is 1. The molecule has 1 heterocycles. The number of phenolic OH excluding ortho intramolecular Hbond substituents is 1. The predicted molar refractivity (Wildman–Crippen MR) is 75.8 cm³/mol.